The normalized spacial score (nSPS) is 21.5. The average Bonchev–Trinajstić information content (AvgIpc) is 3.15. The minimum atomic E-state index is -4.27. The monoisotopic (exact) mass is 545 g/mol. The quantitative estimate of drug-likeness (QED) is 0.265. The molecule has 35 heavy (non-hydrogen) atoms. The van der Waals surface area contributed by atoms with Crippen LogP contribution in [0.15, 0.2) is 53.8 Å². The Morgan fingerprint density at radius 1 is 1.09 bits per heavy atom. The molecule has 2 fully saturated rings. The third kappa shape index (κ3) is 5.96. The second kappa shape index (κ2) is 11.1. The van der Waals surface area contributed by atoms with Crippen molar-refractivity contribution in [3.8, 4) is 11.5 Å². The summed E-state index contributed by atoms with van der Waals surface area (Å²) in [6, 6.07) is 11.5. The molecule has 190 valence electrons. The van der Waals surface area contributed by atoms with Gasteiger partial charge in [-0.05, 0) is 73.5 Å². The Bertz CT molecular complexity index is 1110. The lowest BCUT2D eigenvalue weighted by atomic mass is 9.97. The molecule has 5 nitrogen and oxygen atoms in total. The number of nitrogens with zero attached hydrogens (tertiary/aromatic N) is 5. The second-order valence-electron chi connectivity index (χ2n) is 9.05. The molecule has 1 saturated carbocycles. The Kier molecular flexibility index (Phi) is 8.78. The van der Waals surface area contributed by atoms with Crippen molar-refractivity contribution in [2.45, 2.75) is 36.5 Å². The standard InChI is InChI=1S/C24H26F3N5S.2ClH/c1-31-21(20-5-2-3-11-28-20)29-30-22(31)33-14-4-12-32-13-10-23(16-32)15-19(23)17-6-8-18(9-7-17)24(25,26)27;;/h2-3,5-9,11,19H,4,10,12-16H2,1H3;2*1H. The van der Waals surface area contributed by atoms with Crippen molar-refractivity contribution in [3.05, 3.63) is 59.8 Å². The van der Waals surface area contributed by atoms with E-state index in [0.29, 0.717) is 5.92 Å². The van der Waals surface area contributed by atoms with Gasteiger partial charge in [0.25, 0.3) is 0 Å². The van der Waals surface area contributed by atoms with E-state index in [1.165, 1.54) is 12.1 Å². The molecule has 3 aromatic rings. The van der Waals surface area contributed by atoms with E-state index in [9.17, 15) is 13.2 Å². The molecule has 0 radical (unpaired) electrons. The van der Waals surface area contributed by atoms with Crippen LogP contribution >= 0.6 is 36.6 Å². The van der Waals surface area contributed by atoms with Crippen molar-refractivity contribution in [2.75, 3.05) is 25.4 Å². The molecule has 11 heteroatoms. The molecule has 2 atom stereocenters. The summed E-state index contributed by atoms with van der Waals surface area (Å²) < 4.78 is 40.4. The summed E-state index contributed by atoms with van der Waals surface area (Å²) in [6.07, 6.45) is 0.743. The van der Waals surface area contributed by atoms with Crippen LogP contribution in [0.5, 0.6) is 0 Å². The third-order valence-electron chi connectivity index (χ3n) is 6.87. The van der Waals surface area contributed by atoms with Gasteiger partial charge in [-0.1, -0.05) is 30.0 Å². The molecule has 0 bridgehead atoms. The zero-order valence-corrected chi connectivity index (χ0v) is 21.7. The Labute approximate surface area is 219 Å². The Morgan fingerprint density at radius 3 is 2.54 bits per heavy atom. The van der Waals surface area contributed by atoms with Crippen molar-refractivity contribution in [1.82, 2.24) is 24.6 Å². The highest BCUT2D eigenvalue weighted by Crippen LogP contribution is 2.64. The van der Waals surface area contributed by atoms with Gasteiger partial charge < -0.3 is 9.47 Å². The highest BCUT2D eigenvalue weighted by molar-refractivity contribution is 7.99. The molecule has 2 aromatic heterocycles. The van der Waals surface area contributed by atoms with Gasteiger partial charge in [-0.3, -0.25) is 4.98 Å². The average molecular weight is 546 g/mol. The first-order valence-electron chi connectivity index (χ1n) is 11.2. The SMILES string of the molecule is Cl.Cl.Cn1c(SCCCN2CCC3(CC3c3ccc(C(F)(F)F)cc3)C2)nnc1-c1ccccn1. The van der Waals surface area contributed by atoms with E-state index >= 15 is 0 Å². The van der Waals surface area contributed by atoms with Crippen LogP contribution in [0.2, 0.25) is 0 Å². The Hall–Kier alpha value is -1.81. The molecule has 3 heterocycles. The number of halogens is 5. The number of rotatable bonds is 7. The predicted octanol–water partition coefficient (Wildman–Crippen LogP) is 6.10. The number of pyridine rings is 1. The fraction of sp³-hybridized carbons (Fsp3) is 0.458. The highest BCUT2D eigenvalue weighted by atomic mass is 35.5. The zero-order chi connectivity index (χ0) is 23.1. The van der Waals surface area contributed by atoms with Crippen LogP contribution in [0.3, 0.4) is 0 Å². The summed E-state index contributed by atoms with van der Waals surface area (Å²) in [7, 11) is 1.96. The van der Waals surface area contributed by atoms with Crippen LogP contribution in [0, 0.1) is 5.41 Å². The predicted molar refractivity (Wildman–Crippen MR) is 136 cm³/mol. The maximum Gasteiger partial charge on any atom is 0.416 e. The minimum absolute atomic E-state index is 0. The van der Waals surface area contributed by atoms with E-state index in [2.05, 4.69) is 20.1 Å². The molecule has 0 amide bonds. The van der Waals surface area contributed by atoms with Gasteiger partial charge in [0.2, 0.25) is 0 Å². The van der Waals surface area contributed by atoms with Gasteiger partial charge in [-0.2, -0.15) is 13.2 Å². The van der Waals surface area contributed by atoms with Crippen LogP contribution < -0.4 is 0 Å². The summed E-state index contributed by atoms with van der Waals surface area (Å²) in [5.41, 5.74) is 1.55. The highest BCUT2D eigenvalue weighted by Gasteiger charge is 2.57. The molecule has 1 aliphatic heterocycles. The van der Waals surface area contributed by atoms with E-state index in [1.807, 2.05) is 29.8 Å². The van der Waals surface area contributed by atoms with Gasteiger partial charge in [0, 0.05) is 25.5 Å². The van der Waals surface area contributed by atoms with Gasteiger partial charge in [0.15, 0.2) is 11.0 Å². The zero-order valence-electron chi connectivity index (χ0n) is 19.2. The maximum absolute atomic E-state index is 12.8. The van der Waals surface area contributed by atoms with Crippen molar-refractivity contribution in [3.63, 3.8) is 0 Å². The van der Waals surface area contributed by atoms with Crippen LogP contribution in [-0.2, 0) is 13.2 Å². The third-order valence-corrected chi connectivity index (χ3v) is 7.98. The first-order chi connectivity index (χ1) is 15.9. The molecule has 1 aromatic carbocycles. The van der Waals surface area contributed by atoms with Crippen molar-refractivity contribution < 1.29 is 13.2 Å². The van der Waals surface area contributed by atoms with Crippen molar-refractivity contribution >= 4 is 36.6 Å². The molecule has 2 unspecified atom stereocenters. The molecule has 5 rings (SSSR count). The molecular weight excluding hydrogens is 518 g/mol. The topological polar surface area (TPSA) is 46.8 Å². The lowest BCUT2D eigenvalue weighted by Crippen LogP contribution is -2.23. The fourth-order valence-electron chi connectivity index (χ4n) is 4.96. The van der Waals surface area contributed by atoms with E-state index < -0.39 is 11.7 Å². The molecule has 2 aliphatic rings. The van der Waals surface area contributed by atoms with E-state index in [0.717, 1.165) is 66.9 Å². The fourth-order valence-corrected chi connectivity index (χ4v) is 5.79. The molecular formula is C24H28Cl2F3N5S. The van der Waals surface area contributed by atoms with Crippen LogP contribution in [0.4, 0.5) is 13.2 Å². The summed E-state index contributed by atoms with van der Waals surface area (Å²) in [4.78, 5) is 6.85. The van der Waals surface area contributed by atoms with Gasteiger partial charge in [-0.15, -0.1) is 35.0 Å². The number of benzene rings is 1. The maximum atomic E-state index is 12.8. The number of alkyl halides is 3. The van der Waals surface area contributed by atoms with Gasteiger partial charge in [0.1, 0.15) is 5.69 Å². The van der Waals surface area contributed by atoms with E-state index in [-0.39, 0.29) is 30.2 Å². The smallest absolute Gasteiger partial charge is 0.304 e. The summed E-state index contributed by atoms with van der Waals surface area (Å²) >= 11 is 1.71. The molecule has 1 aliphatic carbocycles. The first kappa shape index (κ1) is 27.8. The van der Waals surface area contributed by atoms with Crippen LogP contribution in [0.25, 0.3) is 11.5 Å². The molecule has 1 spiro atoms. The molecule has 1 saturated heterocycles. The number of likely N-dealkylation sites (tertiary alicyclic amines) is 1. The Balaban J connectivity index is 0.00000171. The number of aromatic nitrogens is 4. The van der Waals surface area contributed by atoms with Crippen molar-refractivity contribution in [2.24, 2.45) is 12.5 Å². The lowest BCUT2D eigenvalue weighted by Gasteiger charge is -2.16. The van der Waals surface area contributed by atoms with Gasteiger partial charge >= 0.3 is 6.18 Å². The number of hydrogen-bond acceptors (Lipinski definition) is 5. The van der Waals surface area contributed by atoms with E-state index in [4.69, 9.17) is 0 Å². The van der Waals surface area contributed by atoms with Gasteiger partial charge in [-0.25, -0.2) is 0 Å². The lowest BCUT2D eigenvalue weighted by molar-refractivity contribution is -0.137. The van der Waals surface area contributed by atoms with Crippen molar-refractivity contribution in [1.29, 1.82) is 0 Å². The van der Waals surface area contributed by atoms with E-state index in [1.54, 1.807) is 30.1 Å². The van der Waals surface area contributed by atoms with Gasteiger partial charge in [0.05, 0.1) is 5.56 Å². The first-order valence-corrected chi connectivity index (χ1v) is 12.2. The molecule has 0 N–H and O–H groups in total. The number of thioether (sulfide) groups is 1. The number of hydrogen-bond donors (Lipinski definition) is 0. The summed E-state index contributed by atoms with van der Waals surface area (Å²) in [6.45, 7) is 3.13. The minimum Gasteiger partial charge on any atom is -0.304 e. The summed E-state index contributed by atoms with van der Waals surface area (Å²) in [5.74, 6) is 2.12. The largest absolute Gasteiger partial charge is 0.416 e. The Morgan fingerprint density at radius 2 is 1.86 bits per heavy atom. The summed E-state index contributed by atoms with van der Waals surface area (Å²) in [5, 5.41) is 9.48. The van der Waals surface area contributed by atoms with Crippen LogP contribution in [-0.4, -0.2) is 50.0 Å². The van der Waals surface area contributed by atoms with Crippen LogP contribution in [0.1, 0.15) is 36.3 Å². The second-order valence-corrected chi connectivity index (χ2v) is 10.1.